The Morgan fingerprint density at radius 2 is 1.95 bits per heavy atom. The van der Waals surface area contributed by atoms with Crippen LogP contribution < -0.4 is 5.32 Å². The third-order valence-corrected chi connectivity index (χ3v) is 3.96. The smallest absolute Gasteiger partial charge is 0.223 e. The standard InChI is InChI=1S/C17H25N3O/c1-4-11-20-15-10-8-7-9-14(15)19-16(20)12-18-17(21)13(5-2)6-3/h7-10,13H,4-6,11-12H2,1-3H3,(H,18,21). The Morgan fingerprint density at radius 3 is 2.62 bits per heavy atom. The molecule has 1 heterocycles. The van der Waals surface area contributed by atoms with Crippen LogP contribution in [0.15, 0.2) is 24.3 Å². The number of nitrogens with one attached hydrogen (secondary N) is 1. The second-order valence-electron chi connectivity index (χ2n) is 5.40. The van der Waals surface area contributed by atoms with Crippen molar-refractivity contribution in [1.29, 1.82) is 0 Å². The average molecular weight is 287 g/mol. The van der Waals surface area contributed by atoms with E-state index >= 15 is 0 Å². The van der Waals surface area contributed by atoms with Crippen LogP contribution in [0.2, 0.25) is 0 Å². The molecule has 1 N–H and O–H groups in total. The van der Waals surface area contributed by atoms with E-state index in [2.05, 4.69) is 41.7 Å². The van der Waals surface area contributed by atoms with E-state index < -0.39 is 0 Å². The SMILES string of the molecule is CCCn1c(CNC(=O)C(CC)CC)nc2ccccc21. The molecule has 0 aliphatic heterocycles. The molecule has 1 amide bonds. The highest BCUT2D eigenvalue weighted by Crippen LogP contribution is 2.17. The normalized spacial score (nSPS) is 11.2. The van der Waals surface area contributed by atoms with E-state index in [4.69, 9.17) is 0 Å². The first-order valence-electron chi connectivity index (χ1n) is 7.93. The molecule has 0 radical (unpaired) electrons. The largest absolute Gasteiger partial charge is 0.349 e. The van der Waals surface area contributed by atoms with Crippen molar-refractivity contribution in [2.45, 2.75) is 53.1 Å². The van der Waals surface area contributed by atoms with Crippen molar-refractivity contribution < 1.29 is 4.79 Å². The van der Waals surface area contributed by atoms with E-state index in [1.165, 1.54) is 0 Å². The van der Waals surface area contributed by atoms with Crippen LogP contribution in [0.1, 0.15) is 45.9 Å². The second-order valence-corrected chi connectivity index (χ2v) is 5.40. The molecular weight excluding hydrogens is 262 g/mol. The number of fused-ring (bicyclic) bond motifs is 1. The highest BCUT2D eigenvalue weighted by molar-refractivity contribution is 5.79. The first kappa shape index (κ1) is 15.5. The van der Waals surface area contributed by atoms with Crippen LogP contribution in [0.3, 0.4) is 0 Å². The number of nitrogens with zero attached hydrogens (tertiary/aromatic N) is 2. The van der Waals surface area contributed by atoms with Gasteiger partial charge in [-0.05, 0) is 31.4 Å². The summed E-state index contributed by atoms with van der Waals surface area (Å²) >= 11 is 0. The molecule has 0 bridgehead atoms. The van der Waals surface area contributed by atoms with Gasteiger partial charge in [-0.1, -0.05) is 32.9 Å². The molecule has 0 unspecified atom stereocenters. The highest BCUT2D eigenvalue weighted by atomic mass is 16.1. The van der Waals surface area contributed by atoms with Gasteiger partial charge in [-0.25, -0.2) is 4.98 Å². The zero-order chi connectivity index (χ0) is 15.2. The van der Waals surface area contributed by atoms with E-state index in [0.717, 1.165) is 42.7 Å². The lowest BCUT2D eigenvalue weighted by Crippen LogP contribution is -2.30. The number of aromatic nitrogens is 2. The molecule has 0 saturated heterocycles. The molecule has 114 valence electrons. The van der Waals surface area contributed by atoms with Crippen molar-refractivity contribution in [3.8, 4) is 0 Å². The summed E-state index contributed by atoms with van der Waals surface area (Å²) < 4.78 is 2.21. The van der Waals surface area contributed by atoms with Gasteiger partial charge in [0.25, 0.3) is 0 Å². The monoisotopic (exact) mass is 287 g/mol. The van der Waals surface area contributed by atoms with Crippen molar-refractivity contribution in [3.63, 3.8) is 0 Å². The Labute approximate surface area is 126 Å². The van der Waals surface area contributed by atoms with Gasteiger partial charge in [-0.2, -0.15) is 0 Å². The Balaban J connectivity index is 2.17. The predicted octanol–water partition coefficient (Wildman–Crippen LogP) is 3.50. The van der Waals surface area contributed by atoms with Crippen LogP contribution in [0, 0.1) is 5.92 Å². The summed E-state index contributed by atoms with van der Waals surface area (Å²) in [7, 11) is 0. The van der Waals surface area contributed by atoms with Gasteiger partial charge in [-0.15, -0.1) is 0 Å². The van der Waals surface area contributed by atoms with Gasteiger partial charge >= 0.3 is 0 Å². The van der Waals surface area contributed by atoms with Crippen LogP contribution in [0.5, 0.6) is 0 Å². The number of benzene rings is 1. The van der Waals surface area contributed by atoms with Crippen LogP contribution >= 0.6 is 0 Å². The summed E-state index contributed by atoms with van der Waals surface area (Å²) in [5, 5.41) is 3.04. The summed E-state index contributed by atoms with van der Waals surface area (Å²) in [6, 6.07) is 8.14. The Kier molecular flexibility index (Phi) is 5.37. The fraction of sp³-hybridized carbons (Fsp3) is 0.529. The Morgan fingerprint density at radius 1 is 1.24 bits per heavy atom. The molecular formula is C17H25N3O. The van der Waals surface area contributed by atoms with Crippen LogP contribution in [0.4, 0.5) is 0 Å². The first-order chi connectivity index (χ1) is 10.2. The van der Waals surface area contributed by atoms with Crippen LogP contribution in [-0.2, 0) is 17.9 Å². The molecule has 2 aromatic rings. The zero-order valence-electron chi connectivity index (χ0n) is 13.2. The average Bonchev–Trinajstić information content (AvgIpc) is 2.85. The lowest BCUT2D eigenvalue weighted by Gasteiger charge is -2.13. The van der Waals surface area contributed by atoms with Crippen molar-refractivity contribution >= 4 is 16.9 Å². The minimum Gasteiger partial charge on any atom is -0.349 e. The van der Waals surface area contributed by atoms with Crippen molar-refractivity contribution in [1.82, 2.24) is 14.9 Å². The van der Waals surface area contributed by atoms with Crippen LogP contribution in [0.25, 0.3) is 11.0 Å². The molecule has 2 rings (SSSR count). The van der Waals surface area contributed by atoms with Gasteiger partial charge in [0.05, 0.1) is 17.6 Å². The summed E-state index contributed by atoms with van der Waals surface area (Å²) in [5.41, 5.74) is 2.14. The van der Waals surface area contributed by atoms with Crippen molar-refractivity contribution in [3.05, 3.63) is 30.1 Å². The maximum absolute atomic E-state index is 12.1. The second kappa shape index (κ2) is 7.25. The molecule has 0 atom stereocenters. The fourth-order valence-corrected chi connectivity index (χ4v) is 2.70. The summed E-state index contributed by atoms with van der Waals surface area (Å²) in [6.07, 6.45) is 2.81. The van der Waals surface area contributed by atoms with Gasteiger partial charge in [-0.3, -0.25) is 4.79 Å². The molecule has 0 aliphatic rings. The number of para-hydroxylation sites is 2. The molecule has 1 aromatic heterocycles. The minimum absolute atomic E-state index is 0.106. The third-order valence-electron chi connectivity index (χ3n) is 3.96. The quantitative estimate of drug-likeness (QED) is 0.847. The molecule has 0 saturated carbocycles. The van der Waals surface area contributed by atoms with E-state index in [1.807, 2.05) is 18.2 Å². The molecule has 0 fully saturated rings. The van der Waals surface area contributed by atoms with E-state index in [1.54, 1.807) is 0 Å². The number of amides is 1. The number of rotatable bonds is 7. The van der Waals surface area contributed by atoms with Gasteiger partial charge in [0, 0.05) is 12.5 Å². The van der Waals surface area contributed by atoms with E-state index in [9.17, 15) is 4.79 Å². The van der Waals surface area contributed by atoms with E-state index in [-0.39, 0.29) is 11.8 Å². The highest BCUT2D eigenvalue weighted by Gasteiger charge is 2.15. The van der Waals surface area contributed by atoms with Gasteiger partial charge in [0.2, 0.25) is 5.91 Å². The molecule has 4 heteroatoms. The first-order valence-corrected chi connectivity index (χ1v) is 7.93. The minimum atomic E-state index is 0.106. The molecule has 0 spiro atoms. The Hall–Kier alpha value is -1.84. The number of carbonyl (C=O) groups is 1. The topological polar surface area (TPSA) is 46.9 Å². The van der Waals surface area contributed by atoms with Crippen molar-refractivity contribution in [2.24, 2.45) is 5.92 Å². The Bertz CT molecular complexity index is 599. The zero-order valence-corrected chi connectivity index (χ0v) is 13.2. The third kappa shape index (κ3) is 3.43. The lowest BCUT2D eigenvalue weighted by molar-refractivity contribution is -0.125. The maximum atomic E-state index is 12.1. The van der Waals surface area contributed by atoms with Gasteiger partial charge < -0.3 is 9.88 Å². The number of carbonyl (C=O) groups excluding carboxylic acids is 1. The summed E-state index contributed by atoms with van der Waals surface area (Å²) in [4.78, 5) is 16.8. The maximum Gasteiger partial charge on any atom is 0.223 e. The molecule has 4 nitrogen and oxygen atoms in total. The lowest BCUT2D eigenvalue weighted by atomic mass is 10.0. The van der Waals surface area contributed by atoms with E-state index in [0.29, 0.717) is 6.54 Å². The number of aryl methyl sites for hydroxylation is 1. The van der Waals surface area contributed by atoms with Crippen LogP contribution in [-0.4, -0.2) is 15.5 Å². The summed E-state index contributed by atoms with van der Waals surface area (Å²) in [5.74, 6) is 1.18. The predicted molar refractivity (Wildman–Crippen MR) is 85.9 cm³/mol. The number of hydrogen-bond acceptors (Lipinski definition) is 2. The fourth-order valence-electron chi connectivity index (χ4n) is 2.70. The van der Waals surface area contributed by atoms with Crippen molar-refractivity contribution in [2.75, 3.05) is 0 Å². The number of hydrogen-bond donors (Lipinski definition) is 1. The number of imidazole rings is 1. The molecule has 0 aliphatic carbocycles. The molecule has 21 heavy (non-hydrogen) atoms. The van der Waals surface area contributed by atoms with Gasteiger partial charge in [0.15, 0.2) is 0 Å². The van der Waals surface area contributed by atoms with Gasteiger partial charge in [0.1, 0.15) is 5.82 Å². The summed E-state index contributed by atoms with van der Waals surface area (Å²) in [6.45, 7) is 7.70. The molecule has 1 aromatic carbocycles.